The Kier molecular flexibility index (Phi) is 12.8. The van der Waals surface area contributed by atoms with Crippen LogP contribution in [-0.2, 0) is 15.6 Å². The number of hydrogen-bond acceptors (Lipinski definition) is 6. The van der Waals surface area contributed by atoms with Crippen LogP contribution < -0.4 is 30.6 Å². The van der Waals surface area contributed by atoms with E-state index in [0.29, 0.717) is 42.4 Å². The maximum atomic E-state index is 14.0. The lowest BCUT2D eigenvalue weighted by atomic mass is 9.76. The van der Waals surface area contributed by atoms with Crippen molar-refractivity contribution in [3.05, 3.63) is 91.7 Å². The second-order valence-corrected chi connectivity index (χ2v) is 16.0. The first-order valence-corrected chi connectivity index (χ1v) is 19.6. The number of ether oxygens (including phenoxy) is 2. The lowest BCUT2D eigenvalue weighted by Gasteiger charge is -2.31. The average Bonchev–Trinajstić information content (AvgIpc) is 3.47. The predicted octanol–water partition coefficient (Wildman–Crippen LogP) is 9.89. The van der Waals surface area contributed by atoms with Gasteiger partial charge in [0.05, 0.1) is 17.2 Å². The van der Waals surface area contributed by atoms with Crippen molar-refractivity contribution < 1.29 is 19.1 Å². The maximum Gasteiger partial charge on any atom is 0.297 e. The maximum absolute atomic E-state index is 14.0. The van der Waals surface area contributed by atoms with E-state index in [4.69, 9.17) is 32.7 Å². The van der Waals surface area contributed by atoms with E-state index in [1.165, 1.54) is 17.4 Å². The van der Waals surface area contributed by atoms with Gasteiger partial charge in [0.25, 0.3) is 17.4 Å². The predicted molar refractivity (Wildman–Crippen MR) is 220 cm³/mol. The summed E-state index contributed by atoms with van der Waals surface area (Å²) in [6.45, 7) is 16.4. The lowest BCUT2D eigenvalue weighted by Crippen LogP contribution is -2.34. The van der Waals surface area contributed by atoms with E-state index in [2.05, 4.69) is 69.4 Å². The highest BCUT2D eigenvalue weighted by Crippen LogP contribution is 2.39. The number of H-pyrrole nitrogens is 1. The lowest BCUT2D eigenvalue weighted by molar-refractivity contribution is -0.122. The van der Waals surface area contributed by atoms with E-state index in [0.717, 1.165) is 37.7 Å². The molecule has 0 aliphatic carbocycles. The van der Waals surface area contributed by atoms with E-state index in [-0.39, 0.29) is 43.9 Å². The van der Waals surface area contributed by atoms with E-state index in [1.807, 2.05) is 17.9 Å². The minimum absolute atomic E-state index is 0.00230. The first-order valence-electron chi connectivity index (χ1n) is 18.8. The van der Waals surface area contributed by atoms with Crippen LogP contribution in [0.1, 0.15) is 108 Å². The molecule has 0 radical (unpaired) electrons. The molecule has 0 bridgehead atoms. The third kappa shape index (κ3) is 8.76. The number of aromatic nitrogens is 2. The number of nitrogens with one attached hydrogen (secondary N) is 3. The van der Waals surface area contributed by atoms with Gasteiger partial charge in [0, 0.05) is 42.0 Å². The first-order chi connectivity index (χ1) is 25.6. The van der Waals surface area contributed by atoms with E-state index in [9.17, 15) is 14.4 Å². The minimum Gasteiger partial charge on any atom is -0.497 e. The van der Waals surface area contributed by atoms with Crippen molar-refractivity contribution >= 4 is 52.2 Å². The number of hydrogen-bond donors (Lipinski definition) is 3. The number of carbonyl (C=O) groups excluding carboxylic acids is 2. The Balaban J connectivity index is 1.39. The molecular weight excluding hydrogens is 725 g/mol. The summed E-state index contributed by atoms with van der Waals surface area (Å²) >= 11 is 13.2. The Morgan fingerprint density at radius 2 is 1.54 bits per heavy atom. The molecule has 1 saturated heterocycles. The van der Waals surface area contributed by atoms with Gasteiger partial charge in [-0.2, -0.15) is 0 Å². The molecule has 12 heteroatoms. The molecule has 1 fully saturated rings. The van der Waals surface area contributed by atoms with Crippen LogP contribution in [0.5, 0.6) is 11.5 Å². The second-order valence-electron chi connectivity index (χ2n) is 15.2. The van der Waals surface area contributed by atoms with Gasteiger partial charge in [-0.15, -0.1) is 0 Å². The molecule has 3 N–H and O–H groups in total. The van der Waals surface area contributed by atoms with E-state index < -0.39 is 17.6 Å². The number of piperidine rings is 1. The van der Waals surface area contributed by atoms with Crippen LogP contribution in [0.15, 0.2) is 59.4 Å². The van der Waals surface area contributed by atoms with Gasteiger partial charge in [0.15, 0.2) is 11.9 Å². The van der Waals surface area contributed by atoms with Crippen LogP contribution in [0.3, 0.4) is 0 Å². The smallest absolute Gasteiger partial charge is 0.297 e. The molecule has 54 heavy (non-hydrogen) atoms. The monoisotopic (exact) mass is 777 g/mol. The van der Waals surface area contributed by atoms with Crippen LogP contribution in [0, 0.1) is 0 Å². The van der Waals surface area contributed by atoms with Crippen molar-refractivity contribution in [2.45, 2.75) is 104 Å². The number of anilines is 3. The molecule has 1 aliphatic rings. The molecule has 0 saturated carbocycles. The van der Waals surface area contributed by atoms with Gasteiger partial charge in [0.1, 0.15) is 22.9 Å². The summed E-state index contributed by atoms with van der Waals surface area (Å²) in [6, 6.07) is 16.1. The van der Waals surface area contributed by atoms with Crippen LogP contribution in [0.4, 0.5) is 17.2 Å². The molecule has 2 heterocycles. The Morgan fingerprint density at radius 3 is 2.15 bits per heavy atom. The number of methoxy groups -OCH3 is 1. The molecule has 1 aliphatic heterocycles. The fourth-order valence-electron chi connectivity index (χ4n) is 6.56. The number of carbonyl (C=O) groups is 2. The number of rotatable bonds is 14. The number of halogens is 2. The van der Waals surface area contributed by atoms with Crippen molar-refractivity contribution in [1.82, 2.24) is 9.78 Å². The van der Waals surface area contributed by atoms with Crippen molar-refractivity contribution in [2.75, 3.05) is 35.7 Å². The first kappa shape index (κ1) is 40.8. The summed E-state index contributed by atoms with van der Waals surface area (Å²) in [4.78, 5) is 43.4. The second kappa shape index (κ2) is 16.9. The van der Waals surface area contributed by atoms with Gasteiger partial charge in [-0.25, -0.2) is 4.68 Å². The fraction of sp³-hybridized carbons (Fsp3) is 0.452. The molecule has 1 atom stereocenters. The summed E-state index contributed by atoms with van der Waals surface area (Å²) in [5.74, 6) is 0.542. The zero-order valence-corrected chi connectivity index (χ0v) is 34.1. The Morgan fingerprint density at radius 1 is 0.870 bits per heavy atom. The molecule has 1 aromatic heterocycles. The third-order valence-corrected chi connectivity index (χ3v) is 11.4. The topological polar surface area (TPSA) is 118 Å². The number of amides is 2. The Bertz CT molecular complexity index is 2020. The molecule has 5 rings (SSSR count). The van der Waals surface area contributed by atoms with Crippen molar-refractivity contribution in [3.8, 4) is 17.2 Å². The van der Waals surface area contributed by atoms with Gasteiger partial charge in [0.2, 0.25) is 0 Å². The van der Waals surface area contributed by atoms with Gasteiger partial charge in [-0.3, -0.25) is 19.5 Å². The molecule has 0 spiro atoms. The highest BCUT2D eigenvalue weighted by molar-refractivity contribution is 6.38. The normalized spacial score (nSPS) is 14.1. The largest absolute Gasteiger partial charge is 0.497 e. The third-order valence-electron chi connectivity index (χ3n) is 10.8. The van der Waals surface area contributed by atoms with Crippen molar-refractivity contribution in [3.63, 3.8) is 0 Å². The summed E-state index contributed by atoms with van der Waals surface area (Å²) < 4.78 is 13.0. The van der Waals surface area contributed by atoms with E-state index in [1.54, 1.807) is 36.4 Å². The number of benzene rings is 3. The molecule has 3 aromatic carbocycles. The molecule has 1 unspecified atom stereocenters. The molecule has 2 amide bonds. The summed E-state index contributed by atoms with van der Waals surface area (Å²) in [6.07, 6.45) is 4.43. The van der Waals surface area contributed by atoms with E-state index >= 15 is 0 Å². The average molecular weight is 779 g/mol. The number of aromatic amines is 1. The van der Waals surface area contributed by atoms with Crippen LogP contribution >= 0.6 is 23.2 Å². The van der Waals surface area contributed by atoms with Crippen LogP contribution in [0.2, 0.25) is 10.0 Å². The van der Waals surface area contributed by atoms with Gasteiger partial charge in [-0.05, 0) is 79.2 Å². The molecule has 290 valence electrons. The number of nitrogens with zero attached hydrogens (tertiary/aromatic N) is 2. The summed E-state index contributed by atoms with van der Waals surface area (Å²) in [5, 5.41) is 9.30. The highest BCUT2D eigenvalue weighted by atomic mass is 35.5. The van der Waals surface area contributed by atoms with Crippen LogP contribution in [0.25, 0.3) is 5.69 Å². The highest BCUT2D eigenvalue weighted by Gasteiger charge is 2.30. The zero-order chi connectivity index (χ0) is 39.4. The van der Waals surface area contributed by atoms with Gasteiger partial charge < -0.3 is 25.0 Å². The zero-order valence-electron chi connectivity index (χ0n) is 32.6. The van der Waals surface area contributed by atoms with Gasteiger partial charge >= 0.3 is 0 Å². The van der Waals surface area contributed by atoms with Gasteiger partial charge in [-0.1, -0.05) is 89.9 Å². The quantitative estimate of drug-likeness (QED) is 0.117. The SMILES string of the molecule is CCC(Oc1ccc(C(C)(C)CC)cc1C(C)(C)CC)C(=O)Nc1cccc(C(=O)Nc2[nH]n(-c3c(Cl)cc(OC)cc3Cl)c(=O)c2N2CCCCC2)c1. The molecule has 4 aromatic rings. The summed E-state index contributed by atoms with van der Waals surface area (Å²) in [5.41, 5.74) is 3.01. The Labute approximate surface area is 328 Å². The van der Waals surface area contributed by atoms with Crippen molar-refractivity contribution in [1.29, 1.82) is 0 Å². The standard InChI is InChI=1S/C42H53Cl2N5O5/c1-9-33(54-34-19-18-27(41(4,5)10-2)23-30(34)42(6,7)11-3)39(51)45-28-17-15-16-26(22-28)38(50)46-37-36(48-20-13-12-14-21-48)40(52)49(47-37)35-31(43)24-29(53-8)25-32(35)44/h15-19,22-25,33,47H,9-14,20-21H2,1-8H3,(H,45,51)(H,46,50). The van der Waals surface area contributed by atoms with Crippen molar-refractivity contribution in [2.24, 2.45) is 0 Å². The fourth-order valence-corrected chi connectivity index (χ4v) is 7.19. The summed E-state index contributed by atoms with van der Waals surface area (Å²) in [7, 11) is 1.50. The molecule has 10 nitrogen and oxygen atoms in total. The minimum atomic E-state index is -0.771. The van der Waals surface area contributed by atoms with Crippen LogP contribution in [-0.4, -0.2) is 47.9 Å². The molecular formula is C42H53Cl2N5O5. The Hall–Kier alpha value is -4.41.